The lowest BCUT2D eigenvalue weighted by molar-refractivity contribution is 0.290. The van der Waals surface area contributed by atoms with Crippen molar-refractivity contribution in [2.45, 2.75) is 51.5 Å². The van der Waals surface area contributed by atoms with Crippen LogP contribution in [-0.4, -0.2) is 29.4 Å². The monoisotopic (exact) mass is 411 g/mol. The molecule has 1 atom stereocenters. The van der Waals surface area contributed by atoms with Crippen molar-refractivity contribution in [3.05, 3.63) is 64.5 Å². The number of hydrogen-bond acceptors (Lipinski definition) is 5. The molecule has 1 saturated heterocycles. The van der Waals surface area contributed by atoms with Gasteiger partial charge >= 0.3 is 0 Å². The molecule has 0 aliphatic carbocycles. The van der Waals surface area contributed by atoms with E-state index in [-0.39, 0.29) is 0 Å². The van der Waals surface area contributed by atoms with Crippen molar-refractivity contribution in [1.82, 2.24) is 14.4 Å². The molecular formula is C22H25N3O3S. The van der Waals surface area contributed by atoms with Gasteiger partial charge in [0.05, 0.1) is 4.90 Å². The van der Waals surface area contributed by atoms with Gasteiger partial charge in [-0.15, -0.1) is 0 Å². The quantitative estimate of drug-likeness (QED) is 0.632. The van der Waals surface area contributed by atoms with Gasteiger partial charge in [0.15, 0.2) is 0 Å². The topological polar surface area (TPSA) is 76.3 Å². The standard InChI is InChI=1S/C22H25N3O3S/c1-14-7-9-18(10-8-14)21-23-22(28-24-21)19-6-5-11-25(19)29(26,27)20-16(3)12-15(2)13-17(20)4/h7-10,12-13,19H,5-6,11H2,1-4H3/t19-/m1/s1. The molecule has 3 aromatic rings. The highest BCUT2D eigenvalue weighted by molar-refractivity contribution is 7.89. The summed E-state index contributed by atoms with van der Waals surface area (Å²) in [7, 11) is -3.67. The lowest BCUT2D eigenvalue weighted by atomic mass is 10.1. The van der Waals surface area contributed by atoms with Crippen molar-refractivity contribution in [2.24, 2.45) is 0 Å². The van der Waals surface area contributed by atoms with Crippen LogP contribution >= 0.6 is 0 Å². The smallest absolute Gasteiger partial charge is 0.245 e. The Bertz CT molecular complexity index is 1130. The van der Waals surface area contributed by atoms with Gasteiger partial charge < -0.3 is 4.52 Å². The molecule has 1 aromatic heterocycles. The van der Waals surface area contributed by atoms with Crippen LogP contribution in [0, 0.1) is 27.7 Å². The van der Waals surface area contributed by atoms with Gasteiger partial charge in [0.2, 0.25) is 21.7 Å². The zero-order chi connectivity index (χ0) is 20.8. The zero-order valence-corrected chi connectivity index (χ0v) is 18.0. The minimum Gasteiger partial charge on any atom is -0.337 e. The second-order valence-corrected chi connectivity index (χ2v) is 9.65. The molecule has 29 heavy (non-hydrogen) atoms. The molecule has 0 spiro atoms. The summed E-state index contributed by atoms with van der Waals surface area (Å²) in [6.45, 7) is 8.13. The molecule has 0 amide bonds. The van der Waals surface area contributed by atoms with Crippen molar-refractivity contribution >= 4 is 10.0 Å². The molecule has 0 N–H and O–H groups in total. The predicted molar refractivity (Wildman–Crippen MR) is 111 cm³/mol. The van der Waals surface area contributed by atoms with Crippen LogP contribution in [0.4, 0.5) is 0 Å². The zero-order valence-electron chi connectivity index (χ0n) is 17.1. The number of rotatable bonds is 4. The Kier molecular flexibility index (Phi) is 5.04. The molecule has 1 aliphatic rings. The van der Waals surface area contributed by atoms with Gasteiger partial charge in [0.25, 0.3) is 0 Å². The SMILES string of the molecule is Cc1ccc(-c2noc([C@H]3CCCN3S(=O)(=O)c3c(C)cc(C)cc3C)n2)cc1. The second-order valence-electron chi connectivity index (χ2n) is 7.82. The largest absolute Gasteiger partial charge is 0.337 e. The fourth-order valence-corrected chi connectivity index (χ4v) is 6.22. The van der Waals surface area contributed by atoms with Gasteiger partial charge in [0.1, 0.15) is 6.04 Å². The average Bonchev–Trinajstić information content (AvgIpc) is 3.31. The third kappa shape index (κ3) is 3.60. The van der Waals surface area contributed by atoms with E-state index in [0.29, 0.717) is 29.6 Å². The minimum atomic E-state index is -3.67. The van der Waals surface area contributed by atoms with E-state index in [9.17, 15) is 8.42 Å². The van der Waals surface area contributed by atoms with E-state index < -0.39 is 16.1 Å². The maximum atomic E-state index is 13.5. The van der Waals surface area contributed by atoms with Gasteiger partial charge in [-0.2, -0.15) is 9.29 Å². The van der Waals surface area contributed by atoms with Crippen LogP contribution in [0.2, 0.25) is 0 Å². The van der Waals surface area contributed by atoms with Crippen molar-refractivity contribution in [3.63, 3.8) is 0 Å². The Balaban J connectivity index is 1.69. The fraction of sp³-hybridized carbons (Fsp3) is 0.364. The lowest BCUT2D eigenvalue weighted by Gasteiger charge is -2.23. The Morgan fingerprint density at radius 1 is 1.00 bits per heavy atom. The first-order valence-electron chi connectivity index (χ1n) is 9.77. The van der Waals surface area contributed by atoms with Crippen LogP contribution in [0.5, 0.6) is 0 Å². The number of benzene rings is 2. The third-order valence-corrected chi connectivity index (χ3v) is 7.63. The Hall–Kier alpha value is -2.51. The van der Waals surface area contributed by atoms with Gasteiger partial charge in [0, 0.05) is 12.1 Å². The molecule has 0 unspecified atom stereocenters. The molecule has 1 aliphatic heterocycles. The first-order valence-corrected chi connectivity index (χ1v) is 11.2. The molecule has 2 heterocycles. The summed E-state index contributed by atoms with van der Waals surface area (Å²) in [5.74, 6) is 0.830. The fourth-order valence-electron chi connectivity index (χ4n) is 4.16. The normalized spacial score (nSPS) is 17.7. The summed E-state index contributed by atoms with van der Waals surface area (Å²) in [6.07, 6.45) is 1.43. The third-order valence-electron chi connectivity index (χ3n) is 5.41. The molecule has 4 rings (SSSR count). The van der Waals surface area contributed by atoms with E-state index in [2.05, 4.69) is 10.1 Å². The van der Waals surface area contributed by atoms with E-state index >= 15 is 0 Å². The van der Waals surface area contributed by atoms with Crippen LogP contribution < -0.4 is 0 Å². The Labute approximate surface area is 171 Å². The van der Waals surface area contributed by atoms with Gasteiger partial charge in [-0.3, -0.25) is 0 Å². The van der Waals surface area contributed by atoms with Crippen LogP contribution in [0.25, 0.3) is 11.4 Å². The van der Waals surface area contributed by atoms with Gasteiger partial charge in [-0.1, -0.05) is 52.7 Å². The molecule has 2 aromatic carbocycles. The van der Waals surface area contributed by atoms with Gasteiger partial charge in [-0.05, 0) is 51.7 Å². The van der Waals surface area contributed by atoms with Crippen LogP contribution in [-0.2, 0) is 10.0 Å². The van der Waals surface area contributed by atoms with E-state index in [1.807, 2.05) is 64.1 Å². The first kappa shape index (κ1) is 19.8. The van der Waals surface area contributed by atoms with Crippen molar-refractivity contribution in [2.75, 3.05) is 6.54 Å². The number of hydrogen-bond donors (Lipinski definition) is 0. The van der Waals surface area contributed by atoms with Gasteiger partial charge in [-0.25, -0.2) is 8.42 Å². The van der Waals surface area contributed by atoms with E-state index in [1.165, 1.54) is 4.31 Å². The lowest BCUT2D eigenvalue weighted by Crippen LogP contribution is -2.32. The molecular weight excluding hydrogens is 386 g/mol. The maximum Gasteiger partial charge on any atom is 0.245 e. The van der Waals surface area contributed by atoms with Crippen LogP contribution in [0.1, 0.15) is 47.0 Å². The summed E-state index contributed by atoms with van der Waals surface area (Å²) < 4.78 is 34.1. The molecule has 1 fully saturated rings. The van der Waals surface area contributed by atoms with Crippen LogP contribution in [0.15, 0.2) is 45.8 Å². The van der Waals surface area contributed by atoms with Crippen molar-refractivity contribution in [1.29, 1.82) is 0 Å². The predicted octanol–water partition coefficient (Wildman–Crippen LogP) is 4.50. The van der Waals surface area contributed by atoms with E-state index in [4.69, 9.17) is 4.52 Å². The summed E-state index contributed by atoms with van der Waals surface area (Å²) in [5, 5.41) is 4.09. The maximum absolute atomic E-state index is 13.5. The summed E-state index contributed by atoms with van der Waals surface area (Å²) in [4.78, 5) is 4.91. The highest BCUT2D eigenvalue weighted by atomic mass is 32.2. The number of aromatic nitrogens is 2. The molecule has 0 bridgehead atoms. The highest BCUT2D eigenvalue weighted by Gasteiger charge is 2.40. The van der Waals surface area contributed by atoms with Crippen molar-refractivity contribution in [3.8, 4) is 11.4 Å². The summed E-state index contributed by atoms with van der Waals surface area (Å²) >= 11 is 0. The summed E-state index contributed by atoms with van der Waals surface area (Å²) in [5.41, 5.74) is 4.58. The van der Waals surface area contributed by atoms with E-state index in [0.717, 1.165) is 34.2 Å². The number of nitrogens with zero attached hydrogens (tertiary/aromatic N) is 3. The molecule has 152 valence electrons. The molecule has 0 radical (unpaired) electrons. The summed E-state index contributed by atoms with van der Waals surface area (Å²) in [6, 6.07) is 11.2. The first-order chi connectivity index (χ1) is 13.8. The van der Waals surface area contributed by atoms with Crippen molar-refractivity contribution < 1.29 is 12.9 Å². The Morgan fingerprint density at radius 3 is 2.31 bits per heavy atom. The Morgan fingerprint density at radius 2 is 1.66 bits per heavy atom. The second kappa shape index (κ2) is 7.39. The number of sulfonamides is 1. The molecule has 0 saturated carbocycles. The van der Waals surface area contributed by atoms with Crippen LogP contribution in [0.3, 0.4) is 0 Å². The molecule has 7 heteroatoms. The molecule has 6 nitrogen and oxygen atoms in total. The highest BCUT2D eigenvalue weighted by Crippen LogP contribution is 2.38. The minimum absolute atomic E-state index is 0.351. The number of aryl methyl sites for hydroxylation is 4. The van der Waals surface area contributed by atoms with E-state index in [1.54, 1.807) is 0 Å². The average molecular weight is 412 g/mol.